The third kappa shape index (κ3) is 5.69. The van der Waals surface area contributed by atoms with Gasteiger partial charge in [0, 0.05) is 25.3 Å². The standard InChI is InChI=1S/C23H31N3O3/c27-23(18-26-11-3-1-2-5-21(26)22-6-4-14-29-22)24-20-9-7-19(8-10-20)17-25-12-15-28-16-13-25/h4,6-10,14,21H,1-3,5,11-13,15-18H2,(H,24,27). The Morgan fingerprint density at radius 1 is 1.03 bits per heavy atom. The Balaban J connectivity index is 1.32. The molecule has 2 saturated heterocycles. The second kappa shape index (κ2) is 10.1. The van der Waals surface area contributed by atoms with Gasteiger partial charge in [0.2, 0.25) is 5.91 Å². The fourth-order valence-electron chi connectivity index (χ4n) is 4.26. The van der Waals surface area contributed by atoms with Crippen LogP contribution in [-0.2, 0) is 16.1 Å². The Kier molecular flexibility index (Phi) is 6.98. The Morgan fingerprint density at radius 2 is 1.86 bits per heavy atom. The van der Waals surface area contributed by atoms with Crippen LogP contribution in [-0.4, -0.2) is 55.1 Å². The van der Waals surface area contributed by atoms with E-state index >= 15 is 0 Å². The number of morpholine rings is 1. The predicted octanol–water partition coefficient (Wildman–Crippen LogP) is 3.67. The van der Waals surface area contributed by atoms with Gasteiger partial charge in [0.25, 0.3) is 0 Å². The maximum absolute atomic E-state index is 12.7. The van der Waals surface area contributed by atoms with Gasteiger partial charge in [-0.15, -0.1) is 0 Å². The molecule has 156 valence electrons. The van der Waals surface area contributed by atoms with Crippen molar-refractivity contribution in [3.63, 3.8) is 0 Å². The zero-order valence-electron chi connectivity index (χ0n) is 17.0. The van der Waals surface area contributed by atoms with Gasteiger partial charge in [-0.3, -0.25) is 14.6 Å². The third-order valence-corrected chi connectivity index (χ3v) is 5.83. The molecule has 1 unspecified atom stereocenters. The number of carbonyl (C=O) groups is 1. The van der Waals surface area contributed by atoms with Crippen LogP contribution in [0.4, 0.5) is 5.69 Å². The number of amides is 1. The highest BCUT2D eigenvalue weighted by Crippen LogP contribution is 2.30. The molecule has 0 radical (unpaired) electrons. The van der Waals surface area contributed by atoms with Crippen molar-refractivity contribution in [2.75, 3.05) is 44.7 Å². The van der Waals surface area contributed by atoms with Crippen molar-refractivity contribution in [2.45, 2.75) is 38.3 Å². The topological polar surface area (TPSA) is 58.0 Å². The molecule has 0 saturated carbocycles. The molecule has 1 aromatic carbocycles. The van der Waals surface area contributed by atoms with Gasteiger partial charge in [0.1, 0.15) is 5.76 Å². The fourth-order valence-corrected chi connectivity index (χ4v) is 4.26. The van der Waals surface area contributed by atoms with Gasteiger partial charge in [-0.1, -0.05) is 25.0 Å². The average Bonchev–Trinajstić information content (AvgIpc) is 3.17. The molecule has 1 aromatic heterocycles. The van der Waals surface area contributed by atoms with Crippen LogP contribution >= 0.6 is 0 Å². The smallest absolute Gasteiger partial charge is 0.238 e. The first-order valence-electron chi connectivity index (χ1n) is 10.7. The monoisotopic (exact) mass is 397 g/mol. The lowest BCUT2D eigenvalue weighted by Gasteiger charge is -2.28. The first-order chi connectivity index (χ1) is 14.3. The van der Waals surface area contributed by atoms with Crippen molar-refractivity contribution in [2.24, 2.45) is 0 Å². The van der Waals surface area contributed by atoms with Crippen LogP contribution in [0.15, 0.2) is 47.1 Å². The number of likely N-dealkylation sites (tertiary alicyclic amines) is 1. The molecule has 2 aliphatic heterocycles. The minimum atomic E-state index is 0.0318. The number of carbonyl (C=O) groups excluding carboxylic acids is 1. The quantitative estimate of drug-likeness (QED) is 0.806. The lowest BCUT2D eigenvalue weighted by atomic mass is 10.1. The van der Waals surface area contributed by atoms with Crippen LogP contribution in [0.3, 0.4) is 0 Å². The SMILES string of the molecule is O=C(CN1CCCCCC1c1ccco1)Nc1ccc(CN2CCOCC2)cc1. The number of benzene rings is 1. The third-order valence-electron chi connectivity index (χ3n) is 5.83. The number of hydrogen-bond acceptors (Lipinski definition) is 5. The molecule has 2 aromatic rings. The Hall–Kier alpha value is -2.15. The Bertz CT molecular complexity index is 754. The molecule has 2 aliphatic rings. The lowest BCUT2D eigenvalue weighted by molar-refractivity contribution is -0.118. The van der Waals surface area contributed by atoms with Crippen molar-refractivity contribution >= 4 is 11.6 Å². The van der Waals surface area contributed by atoms with E-state index in [1.165, 1.54) is 18.4 Å². The molecule has 29 heavy (non-hydrogen) atoms. The van der Waals surface area contributed by atoms with Gasteiger partial charge in [-0.2, -0.15) is 0 Å². The number of rotatable bonds is 6. The van der Waals surface area contributed by atoms with E-state index in [2.05, 4.69) is 27.2 Å². The zero-order chi connectivity index (χ0) is 19.9. The van der Waals surface area contributed by atoms with E-state index in [9.17, 15) is 4.79 Å². The summed E-state index contributed by atoms with van der Waals surface area (Å²) >= 11 is 0. The number of ether oxygens (including phenoxy) is 1. The molecule has 3 heterocycles. The van der Waals surface area contributed by atoms with Gasteiger partial charge in [0.15, 0.2) is 0 Å². The first-order valence-corrected chi connectivity index (χ1v) is 10.7. The fraction of sp³-hybridized carbons (Fsp3) is 0.522. The van der Waals surface area contributed by atoms with Crippen molar-refractivity contribution in [1.29, 1.82) is 0 Å². The highest BCUT2D eigenvalue weighted by atomic mass is 16.5. The summed E-state index contributed by atoms with van der Waals surface area (Å²) in [6, 6.07) is 12.3. The van der Waals surface area contributed by atoms with E-state index in [-0.39, 0.29) is 11.9 Å². The molecule has 1 N–H and O–H groups in total. The normalized spacial score (nSPS) is 21.6. The molecule has 4 rings (SSSR count). The molecule has 1 atom stereocenters. The average molecular weight is 398 g/mol. The van der Waals surface area contributed by atoms with E-state index in [4.69, 9.17) is 9.15 Å². The highest BCUT2D eigenvalue weighted by molar-refractivity contribution is 5.92. The van der Waals surface area contributed by atoms with E-state index in [1.807, 2.05) is 24.3 Å². The molecule has 1 amide bonds. The summed E-state index contributed by atoms with van der Waals surface area (Å²) in [5.74, 6) is 0.997. The van der Waals surface area contributed by atoms with Crippen LogP contribution in [0.2, 0.25) is 0 Å². The predicted molar refractivity (Wildman–Crippen MR) is 113 cm³/mol. The maximum atomic E-state index is 12.7. The molecule has 6 heteroatoms. The van der Waals surface area contributed by atoms with Crippen molar-refractivity contribution in [1.82, 2.24) is 9.80 Å². The summed E-state index contributed by atoms with van der Waals surface area (Å²) in [5, 5.41) is 3.06. The lowest BCUT2D eigenvalue weighted by Crippen LogP contribution is -2.36. The summed E-state index contributed by atoms with van der Waals surface area (Å²) in [6.07, 6.45) is 6.27. The summed E-state index contributed by atoms with van der Waals surface area (Å²) in [5.41, 5.74) is 2.11. The van der Waals surface area contributed by atoms with Crippen LogP contribution in [0.5, 0.6) is 0 Å². The second-order valence-corrected chi connectivity index (χ2v) is 7.98. The number of furan rings is 1. The van der Waals surface area contributed by atoms with Crippen molar-refractivity contribution in [3.05, 3.63) is 54.0 Å². The van der Waals surface area contributed by atoms with E-state index in [1.54, 1.807) is 6.26 Å². The molecule has 6 nitrogen and oxygen atoms in total. The largest absolute Gasteiger partial charge is 0.468 e. The number of anilines is 1. The molecular formula is C23H31N3O3. The summed E-state index contributed by atoms with van der Waals surface area (Å²) < 4.78 is 11.1. The van der Waals surface area contributed by atoms with Gasteiger partial charge in [-0.05, 0) is 49.2 Å². The van der Waals surface area contributed by atoms with Crippen molar-refractivity contribution < 1.29 is 13.9 Å². The van der Waals surface area contributed by atoms with Gasteiger partial charge < -0.3 is 14.5 Å². The summed E-state index contributed by atoms with van der Waals surface area (Å²) in [6.45, 7) is 5.82. The zero-order valence-corrected chi connectivity index (χ0v) is 17.0. The van der Waals surface area contributed by atoms with Crippen LogP contribution in [0, 0.1) is 0 Å². The summed E-state index contributed by atoms with van der Waals surface area (Å²) in [4.78, 5) is 17.4. The first kappa shape index (κ1) is 20.1. The van der Waals surface area contributed by atoms with Gasteiger partial charge in [0.05, 0.1) is 32.1 Å². The van der Waals surface area contributed by atoms with E-state index < -0.39 is 0 Å². The van der Waals surface area contributed by atoms with E-state index in [0.717, 1.165) is 63.7 Å². The maximum Gasteiger partial charge on any atom is 0.238 e. The number of nitrogens with one attached hydrogen (secondary N) is 1. The minimum Gasteiger partial charge on any atom is -0.468 e. The van der Waals surface area contributed by atoms with Crippen LogP contribution in [0.1, 0.15) is 43.0 Å². The molecule has 0 bridgehead atoms. The Morgan fingerprint density at radius 3 is 2.62 bits per heavy atom. The van der Waals surface area contributed by atoms with Crippen LogP contribution < -0.4 is 5.32 Å². The van der Waals surface area contributed by atoms with Gasteiger partial charge >= 0.3 is 0 Å². The van der Waals surface area contributed by atoms with E-state index in [0.29, 0.717) is 6.54 Å². The molecule has 2 fully saturated rings. The number of hydrogen-bond donors (Lipinski definition) is 1. The minimum absolute atomic E-state index is 0.0318. The summed E-state index contributed by atoms with van der Waals surface area (Å²) in [7, 11) is 0. The number of nitrogens with zero attached hydrogens (tertiary/aromatic N) is 2. The molecule has 0 aliphatic carbocycles. The van der Waals surface area contributed by atoms with Gasteiger partial charge in [-0.25, -0.2) is 0 Å². The second-order valence-electron chi connectivity index (χ2n) is 7.98. The highest BCUT2D eigenvalue weighted by Gasteiger charge is 2.26. The van der Waals surface area contributed by atoms with Crippen molar-refractivity contribution in [3.8, 4) is 0 Å². The van der Waals surface area contributed by atoms with Crippen LogP contribution in [0.25, 0.3) is 0 Å². The molecule has 0 spiro atoms. The molecular weight excluding hydrogens is 366 g/mol. The Labute approximate surface area is 172 Å².